The maximum Gasteiger partial charge on any atom is 0.303 e. The zero-order chi connectivity index (χ0) is 90.2. The van der Waals surface area contributed by atoms with Gasteiger partial charge >= 0.3 is 17.9 Å². The van der Waals surface area contributed by atoms with Gasteiger partial charge in [-0.05, 0) is 167 Å². The number of aliphatic hydroxyl groups excluding tert-OH is 7. The second-order valence-corrected chi connectivity index (χ2v) is 27.1. The molecule has 1 fully saturated rings. The summed E-state index contributed by atoms with van der Waals surface area (Å²) in [7, 11) is 0. The van der Waals surface area contributed by atoms with Crippen molar-refractivity contribution < 1.29 is 104 Å². The van der Waals surface area contributed by atoms with Gasteiger partial charge in [-0.2, -0.15) is 0 Å². The molecule has 0 aromatic carbocycles. The molecule has 10 atom stereocenters. The van der Waals surface area contributed by atoms with Crippen molar-refractivity contribution in [2.75, 3.05) is 13.2 Å². The first kappa shape index (κ1) is 118. The summed E-state index contributed by atoms with van der Waals surface area (Å²) in [6.45, 7) is 11.6. The Morgan fingerprint density at radius 2 is 0.678 bits per heavy atom. The molecule has 674 valence electrons. The summed E-state index contributed by atoms with van der Waals surface area (Å²) >= 11 is 0. The molecule has 0 amide bonds. The van der Waals surface area contributed by atoms with Gasteiger partial charge < -0.3 is 65.3 Å². The second kappa shape index (κ2) is 95.8. The van der Waals surface area contributed by atoms with E-state index in [-0.39, 0.29) is 68.1 Å². The Bertz CT molecular complexity index is 3300. The van der Waals surface area contributed by atoms with Crippen LogP contribution >= 0.6 is 0 Å². The number of carboxylic acid groups (broad SMARTS) is 3. The highest BCUT2D eigenvalue weighted by atomic mass is 17.1. The Hall–Kier alpha value is -9.62. The molecule has 1 aliphatic heterocycles. The predicted octanol–water partition coefficient (Wildman–Crippen LogP) is 20.0. The number of ether oxygens (including phenoxy) is 3. The number of hydrogen-bond donors (Lipinski definition) is 11. The smallest absolute Gasteiger partial charge is 0.303 e. The van der Waals surface area contributed by atoms with Crippen LogP contribution in [0.3, 0.4) is 0 Å². The lowest BCUT2D eigenvalue weighted by molar-refractivity contribution is -0.267. The highest BCUT2D eigenvalue weighted by molar-refractivity contribution is 5.90. The van der Waals surface area contributed by atoms with Gasteiger partial charge in [0.2, 0.25) is 0 Å². The van der Waals surface area contributed by atoms with Crippen LogP contribution in [0, 0.1) is 0 Å². The van der Waals surface area contributed by atoms with Gasteiger partial charge in [-0.3, -0.25) is 34.0 Å². The van der Waals surface area contributed by atoms with E-state index in [4.69, 9.17) is 25.3 Å². The molecule has 21 heteroatoms. The topological polar surface area (TPSA) is 365 Å². The summed E-state index contributed by atoms with van der Waals surface area (Å²) in [6.07, 6.45) is 108. The molecule has 0 spiro atoms. The van der Waals surface area contributed by atoms with E-state index in [2.05, 4.69) is 93.3 Å². The largest absolute Gasteiger partial charge is 0.481 e. The van der Waals surface area contributed by atoms with Crippen molar-refractivity contribution >= 4 is 36.6 Å². The second-order valence-electron chi connectivity index (χ2n) is 27.1. The van der Waals surface area contributed by atoms with Crippen LogP contribution in [-0.2, 0) is 47.9 Å². The van der Waals surface area contributed by atoms with Crippen molar-refractivity contribution in [1.29, 1.82) is 0 Å². The molecule has 1 rings (SSSR count). The van der Waals surface area contributed by atoms with E-state index < -0.39 is 42.3 Å². The Balaban J connectivity index is -0.000000707. The molecular weight excluding hydrogens is 1540 g/mol. The number of epoxide rings is 1. The van der Waals surface area contributed by atoms with Crippen molar-refractivity contribution in [2.45, 2.75) is 282 Å². The van der Waals surface area contributed by atoms with E-state index in [0.29, 0.717) is 77.5 Å². The number of unbranched alkanes of at least 4 members (excludes halogenated alkanes) is 1. The molecule has 1 heterocycles. The third-order valence-corrected chi connectivity index (χ3v) is 16.4. The van der Waals surface area contributed by atoms with Crippen LogP contribution in [0.25, 0.3) is 0 Å². The van der Waals surface area contributed by atoms with Crippen LogP contribution in [0.2, 0.25) is 0 Å². The van der Waals surface area contributed by atoms with Gasteiger partial charge in [0.05, 0.1) is 62.0 Å². The van der Waals surface area contributed by atoms with Crippen molar-refractivity contribution in [3.05, 3.63) is 292 Å². The fourth-order valence-corrected chi connectivity index (χ4v) is 9.12. The average molecular weight is 1690 g/mol. The Labute approximate surface area is 723 Å². The molecule has 0 radical (unpaired) electrons. The first-order chi connectivity index (χ1) is 58.7. The monoisotopic (exact) mass is 1690 g/mol. The number of aliphatic hydroxyl groups is 7. The number of hydrogen-bond acceptors (Lipinski definition) is 18. The number of rotatable bonds is 68. The molecule has 0 aliphatic carbocycles. The van der Waals surface area contributed by atoms with E-state index in [9.17, 15) is 64.5 Å². The minimum atomic E-state index is -0.898. The maximum absolute atomic E-state index is 11.4. The van der Waals surface area contributed by atoms with Gasteiger partial charge in [0.1, 0.15) is 12.2 Å². The standard InChI is InChI=1S/C20H28O5.C20H30O5.C20H28O4.C20H32O4.C20H30O3/c1-2-17(21)11-8-5-9-14-18(22)12-6-3-4-7-13-19(23)15-10-16-20(24)25;1-2-18(21)14-11-9-7-5-3-4-6-8-10-12-15-19(25-24)16-13-17-20(22)23;1-2-18(22)13-10-8-6-4-3-5-7-9-11-14-19-20(24-19)15-12-16-23-17-21;1-2-18(21)14-11-9-7-5-3-4-6-8-10-12-15-19(22)16-13-17-20(23)24;1-2-20(22)17-15-13-11-9-7-5-3-4-6-8-10-12-14-16-18-23-19-21/h3-9,11-13,17-18,21-22H,2,10,14-16H2,1H3,(H,24,25);3-4,7-12,14-15,18-19,21,24H,2,5-6,13,16-17H2,1H3,(H,22,23);3,5-11,13-14,17-20,22H,2,4,12,15-16H2,1H3;3-4,7-11,14,18-19,21-22H,2,5-6,12-13,15-17H2,1H3,(H,23,24);4-7,10-13,15,17,19-20,22H,2-3,8-9,14,16,18H2,1H3/b4-3+,9-5-,11-8+,12-6+,13-7+;4-3-,9-7-,10-8-,14-11+,15-12+;5-3-,8-6-,9-7+,13-10+,14-11+;4-3-,9-7-,10-8-,14-11+;6-4-,7-5-,12-10-,13-11-,17-15+/t17?,18-;18?,19-;18?,19-,20-;18?,19-;/m0101./s1. The summed E-state index contributed by atoms with van der Waals surface area (Å²) in [5.41, 5.74) is 0. The quantitative estimate of drug-likeness (QED) is 0.00394. The van der Waals surface area contributed by atoms with E-state index in [1.54, 1.807) is 85.1 Å². The third kappa shape index (κ3) is 103. The molecule has 1 saturated heterocycles. The van der Waals surface area contributed by atoms with Gasteiger partial charge in [-0.1, -0.05) is 320 Å². The van der Waals surface area contributed by atoms with Gasteiger partial charge in [0.15, 0.2) is 5.78 Å². The van der Waals surface area contributed by atoms with Crippen LogP contribution in [0.15, 0.2) is 292 Å². The van der Waals surface area contributed by atoms with E-state index in [1.807, 2.05) is 156 Å². The normalized spacial score (nSPS) is 16.4. The summed E-state index contributed by atoms with van der Waals surface area (Å²) in [5, 5.41) is 100. The van der Waals surface area contributed by atoms with Crippen LogP contribution in [0.5, 0.6) is 0 Å². The minimum Gasteiger partial charge on any atom is -0.481 e. The van der Waals surface area contributed by atoms with Crippen molar-refractivity contribution in [2.24, 2.45) is 0 Å². The van der Waals surface area contributed by atoms with Crippen LogP contribution in [0.4, 0.5) is 0 Å². The summed E-state index contributed by atoms with van der Waals surface area (Å²) < 4.78 is 14.7. The SMILES string of the molecule is CCC(O)/C=C/C=C\C/C=C\C/C=C\C/C=C\CCCOC=O.CCC(O)/C=C/C=C\C/C=C\C/C=C\C=C\[C@H](CCCC(=O)O)OO.CCC(O)/C=C/C=C\C/C=C\C/C=C\CC[C@@H](O)CCCC(=O)O.CCC(O)/C=C/C=C\C[C@@H](O)/C=C/C=C/C=C/C(=O)CCCC(=O)O.CCC(O)/C=C/C=C\C\C=C/C=C/C=C/[C@@H]1O[C@H]1CCCOC=O. The van der Waals surface area contributed by atoms with Gasteiger partial charge in [0.25, 0.3) is 12.9 Å². The molecule has 0 aromatic heterocycles. The molecule has 11 N–H and O–H groups in total. The summed E-state index contributed by atoms with van der Waals surface area (Å²) in [5.74, 6) is -2.67. The highest BCUT2D eigenvalue weighted by Gasteiger charge is 2.35. The van der Waals surface area contributed by atoms with Crippen LogP contribution < -0.4 is 0 Å². The van der Waals surface area contributed by atoms with Gasteiger partial charge in [-0.15, -0.1) is 0 Å². The number of allylic oxidation sites excluding steroid dienone is 39. The van der Waals surface area contributed by atoms with E-state index in [1.165, 1.54) is 6.08 Å². The average Bonchev–Trinajstić information content (AvgIpc) is 1.70. The molecular formula is C100H148O21. The summed E-state index contributed by atoms with van der Waals surface area (Å²) in [4.78, 5) is 66.7. The lowest BCUT2D eigenvalue weighted by Crippen LogP contribution is -2.08. The Kier molecular flexibility index (Phi) is 93.2. The fourth-order valence-electron chi connectivity index (χ4n) is 9.12. The molecule has 0 bridgehead atoms. The van der Waals surface area contributed by atoms with Crippen molar-refractivity contribution in [3.8, 4) is 0 Å². The lowest BCUT2D eigenvalue weighted by atomic mass is 10.1. The molecule has 0 aromatic rings. The van der Waals surface area contributed by atoms with Crippen molar-refractivity contribution in [3.63, 3.8) is 0 Å². The fraction of sp³-hybridized carbons (Fsp3) is 0.460. The molecule has 5 unspecified atom stereocenters. The molecule has 121 heavy (non-hydrogen) atoms. The first-order valence-electron chi connectivity index (χ1n) is 42.6. The Morgan fingerprint density at radius 1 is 0.339 bits per heavy atom. The number of carbonyl (C=O) groups is 6. The van der Waals surface area contributed by atoms with E-state index in [0.717, 1.165) is 109 Å². The van der Waals surface area contributed by atoms with E-state index >= 15 is 0 Å². The van der Waals surface area contributed by atoms with Crippen LogP contribution in [0.1, 0.15) is 221 Å². The number of carbonyl (C=O) groups excluding carboxylic acids is 3. The Morgan fingerprint density at radius 3 is 1.11 bits per heavy atom. The van der Waals surface area contributed by atoms with Gasteiger partial charge in [0, 0.05) is 25.7 Å². The zero-order valence-corrected chi connectivity index (χ0v) is 72.6. The van der Waals surface area contributed by atoms with Crippen molar-refractivity contribution in [1.82, 2.24) is 0 Å². The zero-order valence-electron chi connectivity index (χ0n) is 72.6. The number of carboxylic acids is 3. The predicted molar refractivity (Wildman–Crippen MR) is 492 cm³/mol. The summed E-state index contributed by atoms with van der Waals surface area (Å²) in [6, 6.07) is 0. The first-order valence-corrected chi connectivity index (χ1v) is 42.6. The molecule has 21 nitrogen and oxygen atoms in total. The van der Waals surface area contributed by atoms with Crippen LogP contribution in [-0.4, -0.2) is 167 Å². The molecule has 0 saturated carbocycles. The third-order valence-electron chi connectivity index (χ3n) is 16.4. The van der Waals surface area contributed by atoms with Gasteiger partial charge in [-0.25, -0.2) is 4.89 Å². The maximum atomic E-state index is 11.4. The number of ketones is 1. The highest BCUT2D eigenvalue weighted by Crippen LogP contribution is 2.27. The number of aliphatic carboxylic acids is 3. The minimum absolute atomic E-state index is 0.000528. The molecule has 1 aliphatic rings. The lowest BCUT2D eigenvalue weighted by Gasteiger charge is -2.07.